The van der Waals surface area contributed by atoms with Crippen LogP contribution in [0.5, 0.6) is 0 Å². The van der Waals surface area contributed by atoms with Gasteiger partial charge in [-0.1, -0.05) is 30.3 Å². The number of rotatable bonds is 13. The van der Waals surface area contributed by atoms with Gasteiger partial charge < -0.3 is 30.7 Å². The van der Waals surface area contributed by atoms with Crippen molar-refractivity contribution in [3.05, 3.63) is 35.9 Å². The molecule has 0 saturated heterocycles. The number of methoxy groups -OCH3 is 1. The molecule has 4 N–H and O–H groups in total. The van der Waals surface area contributed by atoms with E-state index >= 15 is 0 Å². The van der Waals surface area contributed by atoms with E-state index in [1.165, 1.54) is 18.9 Å². The average Bonchev–Trinajstić information content (AvgIpc) is 2.82. The van der Waals surface area contributed by atoms with E-state index in [1.807, 2.05) is 24.5 Å². The Hall–Kier alpha value is -3.28. The number of carbonyl (C=O) groups excluding carboxylic acids is 5. The van der Waals surface area contributed by atoms with Crippen LogP contribution in [0.2, 0.25) is 0 Å². The molecule has 36 heavy (non-hydrogen) atoms. The van der Waals surface area contributed by atoms with E-state index in [0.717, 1.165) is 5.56 Å². The Morgan fingerprint density at radius 1 is 0.917 bits per heavy atom. The van der Waals surface area contributed by atoms with Crippen LogP contribution in [0.3, 0.4) is 0 Å². The maximum absolute atomic E-state index is 13.0. The molecule has 1 aromatic rings. The van der Waals surface area contributed by atoms with Crippen LogP contribution in [-0.4, -0.2) is 79.7 Å². The van der Waals surface area contributed by atoms with E-state index in [0.29, 0.717) is 12.2 Å². The Kier molecular flexibility index (Phi) is 13.4. The van der Waals surface area contributed by atoms with Gasteiger partial charge in [-0.2, -0.15) is 11.8 Å². The molecule has 0 heterocycles. The normalized spacial score (nSPS) is 12.5. The third-order valence-corrected chi connectivity index (χ3v) is 5.23. The average molecular weight is 525 g/mol. The van der Waals surface area contributed by atoms with E-state index < -0.39 is 54.0 Å². The smallest absolute Gasteiger partial charge is 0.408 e. The third-order valence-electron chi connectivity index (χ3n) is 4.59. The fourth-order valence-corrected chi connectivity index (χ4v) is 3.38. The monoisotopic (exact) mass is 524 g/mol. The zero-order chi connectivity index (χ0) is 27.1. The van der Waals surface area contributed by atoms with Crippen molar-refractivity contribution in [2.45, 2.75) is 51.3 Å². The van der Waals surface area contributed by atoms with Crippen molar-refractivity contribution in [3.63, 3.8) is 0 Å². The number of nitrogens with one attached hydrogen (secondary N) is 4. The van der Waals surface area contributed by atoms with Gasteiger partial charge in [-0.05, 0) is 44.8 Å². The molecule has 0 bridgehead atoms. The number of hydrogen-bond donors (Lipinski definition) is 4. The van der Waals surface area contributed by atoms with Gasteiger partial charge in [0.2, 0.25) is 17.7 Å². The van der Waals surface area contributed by atoms with Crippen molar-refractivity contribution in [3.8, 4) is 0 Å². The third kappa shape index (κ3) is 13.0. The van der Waals surface area contributed by atoms with E-state index in [-0.39, 0.29) is 13.0 Å². The Labute approximate surface area is 215 Å². The van der Waals surface area contributed by atoms with E-state index in [9.17, 15) is 24.0 Å². The van der Waals surface area contributed by atoms with Gasteiger partial charge in [0.05, 0.1) is 13.7 Å². The second kappa shape index (κ2) is 15.7. The summed E-state index contributed by atoms with van der Waals surface area (Å²) in [5, 5.41) is 9.92. The molecule has 0 aromatic heterocycles. The highest BCUT2D eigenvalue weighted by atomic mass is 32.2. The Balaban J connectivity index is 2.74. The fourth-order valence-electron chi connectivity index (χ4n) is 2.91. The summed E-state index contributed by atoms with van der Waals surface area (Å²) < 4.78 is 9.83. The molecule has 4 amide bonds. The number of esters is 1. The molecular weight excluding hydrogens is 488 g/mol. The fraction of sp³-hybridized carbons (Fsp3) is 0.542. The summed E-state index contributed by atoms with van der Waals surface area (Å²) in [7, 11) is 1.24. The first kappa shape index (κ1) is 30.8. The maximum Gasteiger partial charge on any atom is 0.408 e. The molecule has 11 nitrogen and oxygen atoms in total. The van der Waals surface area contributed by atoms with Crippen molar-refractivity contribution < 1.29 is 33.4 Å². The lowest BCUT2D eigenvalue weighted by atomic mass is 10.0. The number of hydrogen-bond acceptors (Lipinski definition) is 8. The molecular formula is C24H36N4O7S. The first-order valence-corrected chi connectivity index (χ1v) is 12.8. The van der Waals surface area contributed by atoms with Crippen LogP contribution in [0.1, 0.15) is 32.8 Å². The molecule has 0 aliphatic rings. The minimum atomic E-state index is -1.00. The summed E-state index contributed by atoms with van der Waals surface area (Å²) in [5.41, 5.74) is 0.0825. The minimum absolute atomic E-state index is 0.170. The second-order valence-electron chi connectivity index (χ2n) is 8.81. The zero-order valence-electron chi connectivity index (χ0n) is 21.3. The topological polar surface area (TPSA) is 152 Å². The lowest BCUT2D eigenvalue weighted by molar-refractivity contribution is -0.145. The van der Waals surface area contributed by atoms with Crippen LogP contribution in [0.15, 0.2) is 30.3 Å². The van der Waals surface area contributed by atoms with Crippen LogP contribution in [-0.2, 0) is 35.1 Å². The summed E-state index contributed by atoms with van der Waals surface area (Å²) in [6.07, 6.45) is 1.66. The van der Waals surface area contributed by atoms with E-state index in [4.69, 9.17) is 9.47 Å². The molecule has 1 rings (SSSR count). The number of ether oxygens (including phenoxy) is 2. The first-order chi connectivity index (χ1) is 16.9. The summed E-state index contributed by atoms with van der Waals surface area (Å²) >= 11 is 1.52. The molecule has 2 atom stereocenters. The zero-order valence-corrected chi connectivity index (χ0v) is 22.2. The van der Waals surface area contributed by atoms with E-state index in [2.05, 4.69) is 21.3 Å². The van der Waals surface area contributed by atoms with Crippen LogP contribution in [0, 0.1) is 0 Å². The van der Waals surface area contributed by atoms with Crippen LogP contribution >= 0.6 is 11.8 Å². The highest BCUT2D eigenvalue weighted by Gasteiger charge is 2.27. The highest BCUT2D eigenvalue weighted by Crippen LogP contribution is 2.07. The van der Waals surface area contributed by atoms with Gasteiger partial charge in [0.1, 0.15) is 24.2 Å². The first-order valence-electron chi connectivity index (χ1n) is 11.4. The largest absolute Gasteiger partial charge is 0.467 e. The lowest BCUT2D eigenvalue weighted by Gasteiger charge is -2.22. The molecule has 0 aliphatic heterocycles. The molecule has 0 radical (unpaired) electrons. The Morgan fingerprint density at radius 2 is 1.56 bits per heavy atom. The summed E-state index contributed by atoms with van der Waals surface area (Å²) in [6, 6.07) is 7.19. The van der Waals surface area contributed by atoms with Crippen molar-refractivity contribution in [2.75, 3.05) is 32.2 Å². The molecule has 0 spiro atoms. The lowest BCUT2D eigenvalue weighted by Crippen LogP contribution is -2.54. The predicted octanol–water partition coefficient (Wildman–Crippen LogP) is 0.766. The van der Waals surface area contributed by atoms with Gasteiger partial charge in [0.15, 0.2) is 0 Å². The highest BCUT2D eigenvalue weighted by molar-refractivity contribution is 7.98. The quantitative estimate of drug-likeness (QED) is 0.276. The van der Waals surface area contributed by atoms with Crippen LogP contribution in [0.25, 0.3) is 0 Å². The van der Waals surface area contributed by atoms with Gasteiger partial charge in [-0.3, -0.25) is 14.4 Å². The molecule has 0 saturated carbocycles. The molecule has 0 unspecified atom stereocenters. The van der Waals surface area contributed by atoms with Crippen molar-refractivity contribution >= 4 is 41.5 Å². The van der Waals surface area contributed by atoms with Gasteiger partial charge in [0, 0.05) is 6.42 Å². The number of alkyl carbamates (subject to hydrolysis) is 1. The SMILES string of the molecule is COC(=O)[C@H](CCSC)NC(=O)[C@H](Cc1ccccc1)NC(=O)CNC(=O)CNC(=O)OC(C)(C)C. The van der Waals surface area contributed by atoms with Crippen LogP contribution in [0.4, 0.5) is 4.79 Å². The van der Waals surface area contributed by atoms with Crippen molar-refractivity contribution in [1.82, 2.24) is 21.3 Å². The number of amides is 4. The number of benzene rings is 1. The Morgan fingerprint density at radius 3 is 2.14 bits per heavy atom. The van der Waals surface area contributed by atoms with Gasteiger partial charge >= 0.3 is 12.1 Å². The molecule has 1 aromatic carbocycles. The Bertz CT molecular complexity index is 890. The van der Waals surface area contributed by atoms with E-state index in [1.54, 1.807) is 32.9 Å². The van der Waals surface area contributed by atoms with Gasteiger partial charge in [-0.15, -0.1) is 0 Å². The van der Waals surface area contributed by atoms with Crippen molar-refractivity contribution in [1.29, 1.82) is 0 Å². The summed E-state index contributed by atoms with van der Waals surface area (Å²) in [5.74, 6) is -1.73. The van der Waals surface area contributed by atoms with Gasteiger partial charge in [0.25, 0.3) is 0 Å². The summed E-state index contributed by atoms with van der Waals surface area (Å²) in [6.45, 7) is 4.27. The number of carbonyl (C=O) groups is 5. The summed E-state index contributed by atoms with van der Waals surface area (Å²) in [4.78, 5) is 61.3. The standard InChI is InChI=1S/C24H36N4O7S/c1-24(2,3)35-23(33)26-14-19(29)25-15-20(30)27-18(13-16-9-7-6-8-10-16)21(31)28-17(11-12-36-5)22(32)34-4/h6-10,17-18H,11-15H2,1-5H3,(H,25,29)(H,26,33)(H,27,30)(H,28,31)/t17-,18-/m0/s1. The van der Waals surface area contributed by atoms with Gasteiger partial charge in [-0.25, -0.2) is 9.59 Å². The maximum atomic E-state index is 13.0. The molecule has 0 fully saturated rings. The number of thioether (sulfide) groups is 1. The molecule has 200 valence electrons. The van der Waals surface area contributed by atoms with Crippen molar-refractivity contribution in [2.24, 2.45) is 0 Å². The van der Waals surface area contributed by atoms with Crippen LogP contribution < -0.4 is 21.3 Å². The molecule has 0 aliphatic carbocycles. The second-order valence-corrected chi connectivity index (χ2v) is 9.79. The predicted molar refractivity (Wildman–Crippen MR) is 136 cm³/mol. The molecule has 12 heteroatoms. The minimum Gasteiger partial charge on any atom is -0.467 e.